The summed E-state index contributed by atoms with van der Waals surface area (Å²) in [6, 6.07) is 3.86. The van der Waals surface area contributed by atoms with Crippen molar-refractivity contribution >= 4 is 17.5 Å². The lowest BCUT2D eigenvalue weighted by atomic mass is 9.89. The van der Waals surface area contributed by atoms with Gasteiger partial charge in [-0.3, -0.25) is 9.59 Å². The molecule has 5 nitrogen and oxygen atoms in total. The number of rotatable bonds is 5. The van der Waals surface area contributed by atoms with Gasteiger partial charge in [-0.15, -0.1) is 0 Å². The van der Waals surface area contributed by atoms with Crippen LogP contribution in [-0.4, -0.2) is 29.1 Å². The molecule has 0 aliphatic carbocycles. The predicted octanol–water partition coefficient (Wildman–Crippen LogP) is 1.99. The van der Waals surface area contributed by atoms with E-state index in [2.05, 4.69) is 10.6 Å². The van der Waals surface area contributed by atoms with Crippen molar-refractivity contribution in [2.24, 2.45) is 5.92 Å². The molecule has 0 bridgehead atoms. The molecule has 2 atom stereocenters. The number of amides is 2. The zero-order chi connectivity index (χ0) is 16.9. The molecule has 122 valence electrons. The number of halogens is 1. The van der Waals surface area contributed by atoms with E-state index in [0.29, 0.717) is 11.3 Å². The Bertz CT molecular complexity index is 558. The lowest BCUT2D eigenvalue weighted by molar-refractivity contribution is -0.137. The maximum absolute atomic E-state index is 13.0. The van der Waals surface area contributed by atoms with Crippen LogP contribution in [0.4, 0.5) is 10.1 Å². The molecule has 6 heteroatoms. The van der Waals surface area contributed by atoms with Gasteiger partial charge in [0.15, 0.2) is 0 Å². The maximum atomic E-state index is 13.0. The number of benzene rings is 1. The molecule has 0 spiro atoms. The van der Waals surface area contributed by atoms with Crippen molar-refractivity contribution in [1.82, 2.24) is 5.32 Å². The minimum Gasteiger partial charge on any atom is -0.388 e. The van der Waals surface area contributed by atoms with E-state index < -0.39 is 23.2 Å². The third kappa shape index (κ3) is 4.80. The zero-order valence-electron chi connectivity index (χ0n) is 13.4. The number of carbonyl (C=O) groups excluding carboxylic acids is 2. The van der Waals surface area contributed by atoms with E-state index in [1.807, 2.05) is 13.8 Å². The molecule has 3 N–H and O–H groups in total. The SMILES string of the molecule is CC[C@@H](C)[C@](C)(O)CNC(=O)C(=O)Nc1ccc(F)cc1C. The van der Waals surface area contributed by atoms with E-state index in [1.54, 1.807) is 13.8 Å². The summed E-state index contributed by atoms with van der Waals surface area (Å²) in [4.78, 5) is 23.6. The number of aliphatic hydroxyl groups is 1. The van der Waals surface area contributed by atoms with E-state index in [4.69, 9.17) is 0 Å². The van der Waals surface area contributed by atoms with E-state index in [-0.39, 0.29) is 12.5 Å². The summed E-state index contributed by atoms with van der Waals surface area (Å²) in [6.45, 7) is 7.03. The van der Waals surface area contributed by atoms with Crippen LogP contribution in [-0.2, 0) is 9.59 Å². The van der Waals surface area contributed by atoms with Crippen LogP contribution in [0.15, 0.2) is 18.2 Å². The highest BCUT2D eigenvalue weighted by molar-refractivity contribution is 6.39. The van der Waals surface area contributed by atoms with Gasteiger partial charge in [0.2, 0.25) is 0 Å². The number of hydrogen-bond donors (Lipinski definition) is 3. The number of aryl methyl sites for hydroxylation is 1. The fourth-order valence-corrected chi connectivity index (χ4v) is 1.90. The molecule has 1 aromatic carbocycles. The molecule has 0 heterocycles. The summed E-state index contributed by atoms with van der Waals surface area (Å²) in [7, 11) is 0. The molecule has 0 saturated heterocycles. The lowest BCUT2D eigenvalue weighted by Crippen LogP contribution is -2.47. The summed E-state index contributed by atoms with van der Waals surface area (Å²) in [5, 5.41) is 15.0. The second-order valence-electron chi connectivity index (χ2n) is 5.76. The summed E-state index contributed by atoms with van der Waals surface area (Å²) in [5.41, 5.74) is -0.195. The van der Waals surface area contributed by atoms with Crippen LogP contribution in [0.1, 0.15) is 32.8 Å². The van der Waals surface area contributed by atoms with Crippen molar-refractivity contribution in [3.8, 4) is 0 Å². The molecular formula is C16H23FN2O3. The van der Waals surface area contributed by atoms with Gasteiger partial charge in [0.05, 0.1) is 5.60 Å². The highest BCUT2D eigenvalue weighted by atomic mass is 19.1. The van der Waals surface area contributed by atoms with Gasteiger partial charge in [0.25, 0.3) is 0 Å². The van der Waals surface area contributed by atoms with E-state index in [9.17, 15) is 19.1 Å². The van der Waals surface area contributed by atoms with E-state index >= 15 is 0 Å². The molecule has 1 rings (SSSR count). The standard InChI is InChI=1S/C16H23FN2O3/c1-5-11(3)16(4,22)9-18-14(20)15(21)19-13-7-6-12(17)8-10(13)2/h6-8,11,22H,5,9H2,1-4H3,(H,18,20)(H,19,21)/t11-,16-/m1/s1. The van der Waals surface area contributed by atoms with Crippen molar-refractivity contribution in [1.29, 1.82) is 0 Å². The third-order valence-corrected chi connectivity index (χ3v) is 3.92. The minimum absolute atomic E-state index is 0.0172. The van der Waals surface area contributed by atoms with Crippen LogP contribution in [0.2, 0.25) is 0 Å². The molecule has 2 amide bonds. The molecular weight excluding hydrogens is 287 g/mol. The summed E-state index contributed by atoms with van der Waals surface area (Å²) in [6.07, 6.45) is 0.754. The van der Waals surface area contributed by atoms with Crippen LogP contribution in [0.5, 0.6) is 0 Å². The predicted molar refractivity (Wildman–Crippen MR) is 82.9 cm³/mol. The average Bonchev–Trinajstić information content (AvgIpc) is 2.46. The van der Waals surface area contributed by atoms with Crippen molar-refractivity contribution < 1.29 is 19.1 Å². The molecule has 0 saturated carbocycles. The largest absolute Gasteiger partial charge is 0.388 e. The Hall–Kier alpha value is -1.95. The first-order valence-corrected chi connectivity index (χ1v) is 7.25. The molecule has 1 aromatic rings. The second kappa shape index (κ2) is 7.35. The number of anilines is 1. The zero-order valence-corrected chi connectivity index (χ0v) is 13.4. The minimum atomic E-state index is -1.09. The molecule has 0 aliphatic heterocycles. The first-order chi connectivity index (χ1) is 10.2. The fraction of sp³-hybridized carbons (Fsp3) is 0.500. The monoisotopic (exact) mass is 310 g/mol. The van der Waals surface area contributed by atoms with Crippen LogP contribution < -0.4 is 10.6 Å². The topological polar surface area (TPSA) is 78.4 Å². The van der Waals surface area contributed by atoms with Gasteiger partial charge in [-0.2, -0.15) is 0 Å². The smallest absolute Gasteiger partial charge is 0.313 e. The molecule has 22 heavy (non-hydrogen) atoms. The molecule has 0 radical (unpaired) electrons. The van der Waals surface area contributed by atoms with Gasteiger partial charge in [-0.05, 0) is 43.5 Å². The number of carbonyl (C=O) groups is 2. The molecule has 0 aromatic heterocycles. The van der Waals surface area contributed by atoms with Crippen LogP contribution >= 0.6 is 0 Å². The van der Waals surface area contributed by atoms with Crippen molar-refractivity contribution in [3.63, 3.8) is 0 Å². The highest BCUT2D eigenvalue weighted by Gasteiger charge is 2.28. The number of nitrogens with one attached hydrogen (secondary N) is 2. The second-order valence-corrected chi connectivity index (χ2v) is 5.76. The van der Waals surface area contributed by atoms with Crippen molar-refractivity contribution in [2.45, 2.75) is 39.7 Å². The third-order valence-electron chi connectivity index (χ3n) is 3.92. The Kier molecular flexibility index (Phi) is 6.05. The average molecular weight is 310 g/mol. The van der Waals surface area contributed by atoms with E-state index in [1.165, 1.54) is 18.2 Å². The molecule has 0 fully saturated rings. The summed E-state index contributed by atoms with van der Waals surface area (Å²) < 4.78 is 13.0. The summed E-state index contributed by atoms with van der Waals surface area (Å²) >= 11 is 0. The van der Waals surface area contributed by atoms with Gasteiger partial charge in [-0.25, -0.2) is 4.39 Å². The fourth-order valence-electron chi connectivity index (χ4n) is 1.90. The maximum Gasteiger partial charge on any atom is 0.313 e. The van der Waals surface area contributed by atoms with Crippen LogP contribution in [0, 0.1) is 18.7 Å². The summed E-state index contributed by atoms with van der Waals surface area (Å²) in [5.74, 6) is -2.12. The number of hydrogen-bond acceptors (Lipinski definition) is 3. The quantitative estimate of drug-likeness (QED) is 0.728. The lowest BCUT2D eigenvalue weighted by Gasteiger charge is -2.29. The highest BCUT2D eigenvalue weighted by Crippen LogP contribution is 2.19. The first-order valence-electron chi connectivity index (χ1n) is 7.25. The normalized spacial score (nSPS) is 14.8. The Morgan fingerprint density at radius 1 is 1.36 bits per heavy atom. The van der Waals surface area contributed by atoms with Crippen LogP contribution in [0.3, 0.4) is 0 Å². The Morgan fingerprint density at radius 2 is 2.00 bits per heavy atom. The Morgan fingerprint density at radius 3 is 2.55 bits per heavy atom. The Balaban J connectivity index is 2.61. The van der Waals surface area contributed by atoms with Gasteiger partial charge >= 0.3 is 11.8 Å². The first kappa shape index (κ1) is 18.1. The van der Waals surface area contributed by atoms with Gasteiger partial charge in [0.1, 0.15) is 5.82 Å². The van der Waals surface area contributed by atoms with Crippen molar-refractivity contribution in [3.05, 3.63) is 29.6 Å². The molecule has 0 unspecified atom stereocenters. The van der Waals surface area contributed by atoms with Gasteiger partial charge < -0.3 is 15.7 Å². The Labute approximate surface area is 129 Å². The van der Waals surface area contributed by atoms with Crippen LogP contribution in [0.25, 0.3) is 0 Å². The van der Waals surface area contributed by atoms with Crippen molar-refractivity contribution in [2.75, 3.05) is 11.9 Å². The van der Waals surface area contributed by atoms with Gasteiger partial charge in [0, 0.05) is 12.2 Å². The molecule has 0 aliphatic rings. The van der Waals surface area contributed by atoms with E-state index in [0.717, 1.165) is 6.42 Å². The van der Waals surface area contributed by atoms with Gasteiger partial charge in [-0.1, -0.05) is 20.3 Å².